The van der Waals surface area contributed by atoms with Crippen LogP contribution in [0.2, 0.25) is 0 Å². The van der Waals surface area contributed by atoms with Crippen molar-refractivity contribution in [1.29, 1.82) is 0 Å². The van der Waals surface area contributed by atoms with Crippen LogP contribution in [0.3, 0.4) is 0 Å². The van der Waals surface area contributed by atoms with Gasteiger partial charge in [0, 0.05) is 6.54 Å². The maximum absolute atomic E-state index is 6.05. The predicted molar refractivity (Wildman–Crippen MR) is 111 cm³/mol. The van der Waals surface area contributed by atoms with Gasteiger partial charge in [0.25, 0.3) is 0 Å². The summed E-state index contributed by atoms with van der Waals surface area (Å²) in [4.78, 5) is 2.20. The van der Waals surface area contributed by atoms with Crippen LogP contribution < -0.4 is 14.8 Å². The molecule has 0 atom stereocenters. The zero-order chi connectivity index (χ0) is 18.9. The first-order valence-electron chi connectivity index (χ1n) is 8.90. The highest BCUT2D eigenvalue weighted by molar-refractivity contribution is 9.10. The van der Waals surface area contributed by atoms with E-state index in [9.17, 15) is 0 Å². The zero-order valence-corrected chi connectivity index (χ0v) is 17.7. The number of nitrogens with zero attached hydrogens (tertiary/aromatic N) is 1. The summed E-state index contributed by atoms with van der Waals surface area (Å²) in [7, 11) is 5.87. The van der Waals surface area contributed by atoms with Gasteiger partial charge >= 0.3 is 0 Å². The fourth-order valence-corrected chi connectivity index (χ4v) is 3.29. The van der Waals surface area contributed by atoms with Crippen molar-refractivity contribution >= 4 is 15.9 Å². The number of aryl methyl sites for hydroxylation is 1. The molecule has 0 amide bonds. The maximum Gasteiger partial charge on any atom is 0.175 e. The van der Waals surface area contributed by atoms with Gasteiger partial charge in [-0.25, -0.2) is 0 Å². The summed E-state index contributed by atoms with van der Waals surface area (Å²) in [5.74, 6) is 1.49. The van der Waals surface area contributed by atoms with Gasteiger partial charge in [-0.1, -0.05) is 24.3 Å². The van der Waals surface area contributed by atoms with Crippen LogP contribution in [-0.2, 0) is 13.2 Å². The van der Waals surface area contributed by atoms with Crippen molar-refractivity contribution in [2.75, 3.05) is 34.3 Å². The van der Waals surface area contributed by atoms with E-state index in [2.05, 4.69) is 65.4 Å². The topological polar surface area (TPSA) is 33.7 Å². The molecule has 2 rings (SSSR count). The van der Waals surface area contributed by atoms with Gasteiger partial charge in [0.05, 0.1) is 11.6 Å². The number of hydrogen-bond donors (Lipinski definition) is 1. The normalized spacial score (nSPS) is 11.0. The molecule has 0 aliphatic carbocycles. The van der Waals surface area contributed by atoms with Crippen molar-refractivity contribution in [2.45, 2.75) is 26.5 Å². The van der Waals surface area contributed by atoms with Gasteiger partial charge in [-0.05, 0) is 85.3 Å². The molecule has 142 valence electrons. The molecule has 0 saturated carbocycles. The number of methoxy groups -OCH3 is 1. The average Bonchev–Trinajstić information content (AvgIpc) is 2.61. The summed E-state index contributed by atoms with van der Waals surface area (Å²) < 4.78 is 12.5. The summed E-state index contributed by atoms with van der Waals surface area (Å²) in [5, 5.41) is 3.48. The van der Waals surface area contributed by atoms with E-state index in [4.69, 9.17) is 9.47 Å². The van der Waals surface area contributed by atoms with Gasteiger partial charge in [-0.3, -0.25) is 0 Å². The van der Waals surface area contributed by atoms with E-state index >= 15 is 0 Å². The lowest BCUT2D eigenvalue weighted by Gasteiger charge is -2.16. The molecule has 0 aliphatic rings. The molecule has 1 N–H and O–H groups in total. The highest BCUT2D eigenvalue weighted by Gasteiger charge is 2.12. The van der Waals surface area contributed by atoms with Crippen LogP contribution >= 0.6 is 15.9 Å². The molecule has 0 heterocycles. The minimum Gasteiger partial charge on any atom is -0.493 e. The minimum atomic E-state index is 0.518. The van der Waals surface area contributed by atoms with Gasteiger partial charge in [-0.2, -0.15) is 0 Å². The van der Waals surface area contributed by atoms with E-state index in [0.29, 0.717) is 6.61 Å². The standard InChI is InChI=1S/C21H29BrN2O2/c1-16-8-5-6-9-18(16)15-26-21-19(22)12-17(13-20(21)25-4)14-23-10-7-11-24(2)3/h5-6,8-9,12-13,23H,7,10-11,14-15H2,1-4H3. The molecule has 0 aromatic heterocycles. The lowest BCUT2D eigenvalue weighted by molar-refractivity contribution is 0.281. The molecular weight excluding hydrogens is 392 g/mol. The Labute approximate surface area is 165 Å². The van der Waals surface area contributed by atoms with E-state index < -0.39 is 0 Å². The number of hydrogen-bond acceptors (Lipinski definition) is 4. The first kappa shape index (κ1) is 20.7. The monoisotopic (exact) mass is 420 g/mol. The van der Waals surface area contributed by atoms with Crippen molar-refractivity contribution in [3.8, 4) is 11.5 Å². The summed E-state index contributed by atoms with van der Waals surface area (Å²) in [6.07, 6.45) is 1.13. The highest BCUT2D eigenvalue weighted by Crippen LogP contribution is 2.37. The zero-order valence-electron chi connectivity index (χ0n) is 16.1. The number of rotatable bonds is 10. The number of ether oxygens (including phenoxy) is 2. The Bertz CT molecular complexity index is 704. The molecule has 0 fully saturated rings. The SMILES string of the molecule is COc1cc(CNCCCN(C)C)cc(Br)c1OCc1ccccc1C. The van der Waals surface area contributed by atoms with Crippen LogP contribution in [0, 0.1) is 6.92 Å². The first-order chi connectivity index (χ1) is 12.5. The van der Waals surface area contributed by atoms with Crippen molar-refractivity contribution in [1.82, 2.24) is 10.2 Å². The third kappa shape index (κ3) is 6.31. The second-order valence-corrected chi connectivity index (χ2v) is 7.51. The molecule has 0 unspecified atom stereocenters. The lowest BCUT2D eigenvalue weighted by Crippen LogP contribution is -2.21. The number of nitrogens with one attached hydrogen (secondary N) is 1. The molecular formula is C21H29BrN2O2. The Morgan fingerprint density at radius 1 is 1.15 bits per heavy atom. The molecule has 0 bridgehead atoms. The highest BCUT2D eigenvalue weighted by atomic mass is 79.9. The second kappa shape index (κ2) is 10.6. The number of benzene rings is 2. The Balaban J connectivity index is 1.98. The Morgan fingerprint density at radius 2 is 1.92 bits per heavy atom. The third-order valence-electron chi connectivity index (χ3n) is 4.21. The number of halogens is 1. The van der Waals surface area contributed by atoms with Crippen LogP contribution in [0.5, 0.6) is 11.5 Å². The predicted octanol–water partition coefficient (Wildman–Crippen LogP) is 4.39. The molecule has 0 aliphatic heterocycles. The van der Waals surface area contributed by atoms with E-state index in [-0.39, 0.29) is 0 Å². The maximum atomic E-state index is 6.05. The average molecular weight is 421 g/mol. The molecule has 0 saturated heterocycles. The van der Waals surface area contributed by atoms with Gasteiger partial charge in [0.15, 0.2) is 11.5 Å². The lowest BCUT2D eigenvalue weighted by atomic mass is 10.1. The van der Waals surface area contributed by atoms with E-state index in [0.717, 1.165) is 42.0 Å². The molecule has 0 radical (unpaired) electrons. The van der Waals surface area contributed by atoms with E-state index in [1.165, 1.54) is 16.7 Å². The van der Waals surface area contributed by atoms with E-state index in [1.54, 1.807) is 7.11 Å². The summed E-state index contributed by atoms with van der Waals surface area (Å²) in [6, 6.07) is 12.4. The largest absolute Gasteiger partial charge is 0.493 e. The van der Waals surface area contributed by atoms with Gasteiger partial charge < -0.3 is 19.7 Å². The second-order valence-electron chi connectivity index (χ2n) is 6.66. The Morgan fingerprint density at radius 3 is 2.62 bits per heavy atom. The van der Waals surface area contributed by atoms with Gasteiger partial charge in [0.1, 0.15) is 6.61 Å². The molecule has 2 aromatic rings. The van der Waals surface area contributed by atoms with Crippen LogP contribution in [0.4, 0.5) is 0 Å². The van der Waals surface area contributed by atoms with Crippen LogP contribution in [0.1, 0.15) is 23.1 Å². The summed E-state index contributed by atoms with van der Waals surface area (Å²) in [6.45, 7) is 5.50. The quantitative estimate of drug-likeness (QED) is 0.577. The van der Waals surface area contributed by atoms with E-state index in [1.807, 2.05) is 18.2 Å². The first-order valence-corrected chi connectivity index (χ1v) is 9.69. The molecule has 0 spiro atoms. The van der Waals surface area contributed by atoms with Crippen LogP contribution in [0.15, 0.2) is 40.9 Å². The Kier molecular flexibility index (Phi) is 8.42. The molecule has 26 heavy (non-hydrogen) atoms. The van der Waals surface area contributed by atoms with Crippen molar-refractivity contribution < 1.29 is 9.47 Å². The van der Waals surface area contributed by atoms with Crippen LogP contribution in [0.25, 0.3) is 0 Å². The summed E-state index contributed by atoms with van der Waals surface area (Å²) >= 11 is 3.63. The minimum absolute atomic E-state index is 0.518. The molecule has 5 heteroatoms. The van der Waals surface area contributed by atoms with Crippen LogP contribution in [-0.4, -0.2) is 39.2 Å². The summed E-state index contributed by atoms with van der Waals surface area (Å²) in [5.41, 5.74) is 3.57. The fraction of sp³-hybridized carbons (Fsp3) is 0.429. The van der Waals surface area contributed by atoms with Crippen molar-refractivity contribution in [2.24, 2.45) is 0 Å². The van der Waals surface area contributed by atoms with Gasteiger partial charge in [-0.15, -0.1) is 0 Å². The van der Waals surface area contributed by atoms with Crippen molar-refractivity contribution in [3.05, 3.63) is 57.6 Å². The molecule has 2 aromatic carbocycles. The molecule has 4 nitrogen and oxygen atoms in total. The third-order valence-corrected chi connectivity index (χ3v) is 4.80. The Hall–Kier alpha value is -1.56. The smallest absolute Gasteiger partial charge is 0.175 e. The fourth-order valence-electron chi connectivity index (χ4n) is 2.69. The van der Waals surface area contributed by atoms with Crippen molar-refractivity contribution in [3.63, 3.8) is 0 Å². The van der Waals surface area contributed by atoms with Gasteiger partial charge in [0.2, 0.25) is 0 Å².